The van der Waals surface area contributed by atoms with Crippen molar-refractivity contribution in [3.8, 4) is 0 Å². The van der Waals surface area contributed by atoms with Gasteiger partial charge in [-0.25, -0.2) is 9.97 Å². The highest BCUT2D eigenvalue weighted by Gasteiger charge is 2.54. The van der Waals surface area contributed by atoms with Crippen molar-refractivity contribution in [2.45, 2.75) is 43.7 Å². The summed E-state index contributed by atoms with van der Waals surface area (Å²) in [6.45, 7) is 0. The lowest BCUT2D eigenvalue weighted by atomic mass is 9.52. The van der Waals surface area contributed by atoms with Crippen molar-refractivity contribution in [2.75, 3.05) is 24.7 Å². The van der Waals surface area contributed by atoms with Gasteiger partial charge in [-0.2, -0.15) is 0 Å². The first kappa shape index (κ1) is 21.6. The van der Waals surface area contributed by atoms with Crippen molar-refractivity contribution >= 4 is 29.1 Å². The zero-order valence-corrected chi connectivity index (χ0v) is 18.9. The number of nitrogens with zero attached hydrogens (tertiary/aromatic N) is 3. The number of rotatable bonds is 6. The summed E-state index contributed by atoms with van der Waals surface area (Å²) in [4.78, 5) is 34.3. The number of hydrogen-bond donors (Lipinski definition) is 4. The van der Waals surface area contributed by atoms with Crippen LogP contribution in [-0.2, 0) is 0 Å². The molecule has 174 valence electrons. The van der Waals surface area contributed by atoms with E-state index in [9.17, 15) is 14.7 Å². The van der Waals surface area contributed by atoms with Gasteiger partial charge in [-0.1, -0.05) is 0 Å². The maximum Gasteiger partial charge on any atom is 0.254 e. The lowest BCUT2D eigenvalue weighted by molar-refractivity contribution is -0.129. The van der Waals surface area contributed by atoms with Crippen LogP contribution in [0.25, 0.3) is 0 Å². The van der Waals surface area contributed by atoms with Gasteiger partial charge in [0, 0.05) is 38.6 Å². The Morgan fingerprint density at radius 1 is 1.09 bits per heavy atom. The summed E-state index contributed by atoms with van der Waals surface area (Å²) in [6.07, 6.45) is 7.75. The van der Waals surface area contributed by atoms with Crippen LogP contribution in [0.1, 0.15) is 52.8 Å². The van der Waals surface area contributed by atoms with E-state index in [0.717, 1.165) is 32.1 Å². The SMILES string of the molecule is CN(C)C(=O)c1ccc(Nc2cc(NC3[C@@H]4CC5C[C@H]3CC(O)(C5)C4)c(C(N)=O)cn2)nc1. The van der Waals surface area contributed by atoms with Crippen molar-refractivity contribution in [3.63, 3.8) is 0 Å². The maximum atomic E-state index is 12.1. The van der Waals surface area contributed by atoms with Crippen LogP contribution >= 0.6 is 0 Å². The number of anilines is 3. The molecule has 4 aliphatic carbocycles. The van der Waals surface area contributed by atoms with Gasteiger partial charge in [0.15, 0.2) is 0 Å². The Bertz CT molecular complexity index is 1070. The first-order chi connectivity index (χ1) is 15.7. The minimum atomic E-state index is -0.538. The molecule has 5 atom stereocenters. The largest absolute Gasteiger partial charge is 0.390 e. The van der Waals surface area contributed by atoms with Crippen LogP contribution in [0.4, 0.5) is 17.3 Å². The predicted octanol–water partition coefficient (Wildman–Crippen LogP) is 2.37. The molecule has 2 heterocycles. The van der Waals surface area contributed by atoms with Gasteiger partial charge >= 0.3 is 0 Å². The van der Waals surface area contributed by atoms with Crippen molar-refractivity contribution in [1.82, 2.24) is 14.9 Å². The van der Waals surface area contributed by atoms with E-state index >= 15 is 0 Å². The number of carbonyl (C=O) groups is 2. The predicted molar refractivity (Wildman–Crippen MR) is 124 cm³/mol. The van der Waals surface area contributed by atoms with E-state index in [2.05, 4.69) is 20.6 Å². The van der Waals surface area contributed by atoms with Crippen LogP contribution in [0, 0.1) is 17.8 Å². The number of aromatic nitrogens is 2. The molecule has 4 fully saturated rings. The fourth-order valence-corrected chi connectivity index (χ4v) is 6.22. The third-order valence-electron chi connectivity index (χ3n) is 7.41. The number of aliphatic hydroxyl groups is 1. The molecule has 0 radical (unpaired) electrons. The van der Waals surface area contributed by atoms with Gasteiger partial charge in [-0.3, -0.25) is 9.59 Å². The summed E-state index contributed by atoms with van der Waals surface area (Å²) in [7, 11) is 3.38. The van der Waals surface area contributed by atoms with Crippen molar-refractivity contribution in [2.24, 2.45) is 23.5 Å². The van der Waals surface area contributed by atoms with E-state index in [0.29, 0.717) is 46.2 Å². The lowest BCUT2D eigenvalue weighted by Gasteiger charge is -2.58. The number of nitrogens with two attached hydrogens (primary N) is 1. The van der Waals surface area contributed by atoms with Crippen molar-refractivity contribution in [3.05, 3.63) is 41.7 Å². The Labute approximate surface area is 192 Å². The second-order valence-electron chi connectivity index (χ2n) is 10.1. The average molecular weight is 451 g/mol. The monoisotopic (exact) mass is 450 g/mol. The van der Waals surface area contributed by atoms with E-state index in [1.807, 2.05) is 0 Å². The zero-order chi connectivity index (χ0) is 23.3. The molecule has 9 nitrogen and oxygen atoms in total. The average Bonchev–Trinajstić information content (AvgIpc) is 2.75. The first-order valence-corrected chi connectivity index (χ1v) is 11.4. The molecule has 0 aliphatic heterocycles. The number of carbonyl (C=O) groups excluding carboxylic acids is 2. The molecule has 4 aliphatic rings. The Balaban J connectivity index is 1.36. The van der Waals surface area contributed by atoms with Gasteiger partial charge in [-0.15, -0.1) is 0 Å². The van der Waals surface area contributed by atoms with E-state index in [1.54, 1.807) is 32.3 Å². The molecule has 4 saturated carbocycles. The van der Waals surface area contributed by atoms with Gasteiger partial charge in [0.25, 0.3) is 11.8 Å². The quantitative estimate of drug-likeness (QED) is 0.531. The van der Waals surface area contributed by atoms with Crippen LogP contribution in [0.3, 0.4) is 0 Å². The van der Waals surface area contributed by atoms with E-state index in [4.69, 9.17) is 5.73 Å². The fraction of sp³-hybridized carbons (Fsp3) is 0.500. The summed E-state index contributed by atoms with van der Waals surface area (Å²) < 4.78 is 0. The van der Waals surface area contributed by atoms with Gasteiger partial charge in [0.05, 0.1) is 22.4 Å². The van der Waals surface area contributed by atoms with Crippen molar-refractivity contribution in [1.29, 1.82) is 0 Å². The van der Waals surface area contributed by atoms with Crippen LogP contribution in [0.15, 0.2) is 30.6 Å². The van der Waals surface area contributed by atoms with E-state index in [1.165, 1.54) is 17.3 Å². The third kappa shape index (κ3) is 4.13. The number of primary amides is 1. The van der Waals surface area contributed by atoms with Gasteiger partial charge in [0.1, 0.15) is 11.6 Å². The second kappa shape index (κ2) is 7.98. The number of nitrogens with one attached hydrogen (secondary N) is 2. The highest BCUT2D eigenvalue weighted by molar-refractivity contribution is 5.98. The number of hydrogen-bond acceptors (Lipinski definition) is 7. The molecule has 0 aromatic carbocycles. The van der Waals surface area contributed by atoms with Crippen molar-refractivity contribution < 1.29 is 14.7 Å². The topological polar surface area (TPSA) is 133 Å². The molecule has 0 spiro atoms. The van der Waals surface area contributed by atoms with Crippen LogP contribution in [0.5, 0.6) is 0 Å². The lowest BCUT2D eigenvalue weighted by Crippen LogP contribution is -2.59. The Morgan fingerprint density at radius 2 is 1.79 bits per heavy atom. The first-order valence-electron chi connectivity index (χ1n) is 11.4. The molecule has 2 aromatic rings. The molecule has 6 rings (SSSR count). The van der Waals surface area contributed by atoms with Crippen LogP contribution in [0.2, 0.25) is 0 Å². The number of pyridine rings is 2. The number of amides is 2. The normalized spacial score (nSPS) is 29.5. The van der Waals surface area contributed by atoms with E-state index in [-0.39, 0.29) is 11.9 Å². The Kier molecular flexibility index (Phi) is 5.23. The highest BCUT2D eigenvalue weighted by Crippen LogP contribution is 2.56. The van der Waals surface area contributed by atoms with Crippen LogP contribution in [-0.4, -0.2) is 57.5 Å². The standard InChI is InChI=1S/C24H30N6O3/c1-30(2)23(32)14-3-4-19(26-11-14)29-20-7-18(17(12-27-20)22(25)31)28-21-15-5-13-6-16(21)10-24(33,8-13)9-15/h3-4,7,11-13,15-16,21,33H,5-6,8-10H2,1-2H3,(H2,25,31)(H2,26,27,28,29)/t13?,15-,16+,21?,24?. The minimum absolute atomic E-state index is 0.121. The summed E-state index contributed by atoms with van der Waals surface area (Å²) >= 11 is 0. The minimum Gasteiger partial charge on any atom is -0.390 e. The molecule has 0 saturated heterocycles. The molecule has 4 bridgehead atoms. The van der Waals surface area contributed by atoms with Gasteiger partial charge in [-0.05, 0) is 62.0 Å². The maximum absolute atomic E-state index is 12.1. The summed E-state index contributed by atoms with van der Waals surface area (Å²) in [5.74, 6) is 1.76. The Hall–Kier alpha value is -3.20. The molecule has 33 heavy (non-hydrogen) atoms. The molecular weight excluding hydrogens is 420 g/mol. The summed E-state index contributed by atoms with van der Waals surface area (Å²) in [5, 5.41) is 17.6. The summed E-state index contributed by atoms with van der Waals surface area (Å²) in [6, 6.07) is 5.39. The molecular formula is C24H30N6O3. The molecule has 2 aromatic heterocycles. The van der Waals surface area contributed by atoms with Crippen LogP contribution < -0.4 is 16.4 Å². The third-order valence-corrected chi connectivity index (χ3v) is 7.41. The molecule has 2 amide bonds. The highest BCUT2D eigenvalue weighted by atomic mass is 16.3. The fourth-order valence-electron chi connectivity index (χ4n) is 6.22. The zero-order valence-electron chi connectivity index (χ0n) is 18.9. The molecule has 3 unspecified atom stereocenters. The summed E-state index contributed by atoms with van der Waals surface area (Å²) in [5.41, 5.74) is 6.59. The second-order valence-corrected chi connectivity index (χ2v) is 10.1. The molecule has 9 heteroatoms. The smallest absolute Gasteiger partial charge is 0.254 e. The van der Waals surface area contributed by atoms with Gasteiger partial charge in [0.2, 0.25) is 0 Å². The molecule has 5 N–H and O–H groups in total. The van der Waals surface area contributed by atoms with Gasteiger partial charge < -0.3 is 26.4 Å². The Morgan fingerprint density at radius 3 is 2.36 bits per heavy atom. The van der Waals surface area contributed by atoms with E-state index < -0.39 is 11.5 Å².